The van der Waals surface area contributed by atoms with E-state index in [9.17, 15) is 4.79 Å². The van der Waals surface area contributed by atoms with Crippen molar-refractivity contribution in [2.75, 3.05) is 31.7 Å². The van der Waals surface area contributed by atoms with Crippen molar-refractivity contribution in [3.05, 3.63) is 34.6 Å². The molecule has 2 fully saturated rings. The third-order valence-corrected chi connectivity index (χ3v) is 6.64. The number of benzene rings is 1. The van der Waals surface area contributed by atoms with E-state index in [0.29, 0.717) is 34.5 Å². The number of aromatic amines is 1. The molecular weight excluding hydrogens is 382 g/mol. The first kappa shape index (κ1) is 19.1. The number of nitrogens with one attached hydrogen (secondary N) is 1. The van der Waals surface area contributed by atoms with Gasteiger partial charge in [-0.1, -0.05) is 12.1 Å². The fourth-order valence-corrected chi connectivity index (χ4v) is 4.94. The second kappa shape index (κ2) is 7.12. The number of hydrogen-bond acceptors (Lipinski definition) is 6. The maximum Gasteiger partial charge on any atom is 0.266 e. The molecule has 2 aliphatic rings. The summed E-state index contributed by atoms with van der Waals surface area (Å²) in [6.45, 7) is 4.73. The Labute approximate surface area is 174 Å². The minimum atomic E-state index is -0.109. The molecule has 0 bridgehead atoms. The summed E-state index contributed by atoms with van der Waals surface area (Å²) < 4.78 is 12.9. The molecule has 0 saturated carbocycles. The van der Waals surface area contributed by atoms with Gasteiger partial charge in [-0.05, 0) is 43.7 Å². The van der Waals surface area contributed by atoms with E-state index in [2.05, 4.69) is 22.0 Å². The Kier molecular flexibility index (Phi) is 4.54. The predicted octanol–water partition coefficient (Wildman–Crippen LogP) is 2.73. The number of ether oxygens (including phenoxy) is 2. The SMILES string of the molecule is COc1ccccc1-c1n[nH]c2nc(N3CCC4(CC3)CO[C@@H](C)C4)n(C)c(=O)c12. The van der Waals surface area contributed by atoms with Gasteiger partial charge in [-0.15, -0.1) is 0 Å². The molecule has 0 radical (unpaired) electrons. The number of piperidine rings is 1. The molecule has 0 unspecified atom stereocenters. The Bertz CT molecular complexity index is 1140. The zero-order valence-electron chi connectivity index (χ0n) is 17.6. The average Bonchev–Trinajstić information content (AvgIpc) is 3.35. The van der Waals surface area contributed by atoms with Gasteiger partial charge in [0.1, 0.15) is 16.8 Å². The van der Waals surface area contributed by atoms with Gasteiger partial charge in [-0.2, -0.15) is 10.1 Å². The molecule has 1 atom stereocenters. The Balaban J connectivity index is 1.51. The molecule has 1 aromatic carbocycles. The summed E-state index contributed by atoms with van der Waals surface area (Å²) in [6, 6.07) is 7.56. The quantitative estimate of drug-likeness (QED) is 0.716. The summed E-state index contributed by atoms with van der Waals surface area (Å²) in [6.07, 6.45) is 3.57. The van der Waals surface area contributed by atoms with E-state index in [1.54, 1.807) is 18.7 Å². The van der Waals surface area contributed by atoms with Crippen molar-refractivity contribution in [2.45, 2.75) is 32.3 Å². The van der Waals surface area contributed by atoms with Gasteiger partial charge < -0.3 is 14.4 Å². The van der Waals surface area contributed by atoms with Crippen molar-refractivity contribution >= 4 is 17.0 Å². The highest BCUT2D eigenvalue weighted by Gasteiger charge is 2.41. The normalized spacial score (nSPS) is 20.9. The van der Waals surface area contributed by atoms with Crippen LogP contribution in [0, 0.1) is 5.41 Å². The van der Waals surface area contributed by atoms with Gasteiger partial charge >= 0.3 is 0 Å². The Morgan fingerprint density at radius 1 is 1.27 bits per heavy atom. The average molecular weight is 409 g/mol. The van der Waals surface area contributed by atoms with Crippen LogP contribution in [0.2, 0.25) is 0 Å². The summed E-state index contributed by atoms with van der Waals surface area (Å²) in [4.78, 5) is 20.3. The van der Waals surface area contributed by atoms with E-state index < -0.39 is 0 Å². The van der Waals surface area contributed by atoms with Gasteiger partial charge in [-0.3, -0.25) is 14.5 Å². The van der Waals surface area contributed by atoms with Crippen molar-refractivity contribution in [1.82, 2.24) is 19.7 Å². The van der Waals surface area contributed by atoms with Crippen molar-refractivity contribution in [3.63, 3.8) is 0 Å². The highest BCUT2D eigenvalue weighted by atomic mass is 16.5. The number of hydrogen-bond donors (Lipinski definition) is 1. The first-order valence-corrected chi connectivity index (χ1v) is 10.5. The van der Waals surface area contributed by atoms with Crippen LogP contribution in [-0.4, -0.2) is 52.7 Å². The second-order valence-corrected chi connectivity index (χ2v) is 8.58. The third-order valence-electron chi connectivity index (χ3n) is 6.64. The fourth-order valence-electron chi connectivity index (χ4n) is 4.94. The minimum absolute atomic E-state index is 0.109. The zero-order chi connectivity index (χ0) is 20.9. The Hall–Kier alpha value is -2.87. The van der Waals surface area contributed by atoms with Crippen LogP contribution in [0.15, 0.2) is 29.1 Å². The number of H-pyrrole nitrogens is 1. The van der Waals surface area contributed by atoms with Crippen LogP contribution in [0.4, 0.5) is 5.95 Å². The predicted molar refractivity (Wildman–Crippen MR) is 115 cm³/mol. The first-order chi connectivity index (χ1) is 14.5. The number of fused-ring (bicyclic) bond motifs is 1. The van der Waals surface area contributed by atoms with E-state index in [4.69, 9.17) is 14.5 Å². The smallest absolute Gasteiger partial charge is 0.266 e. The molecule has 158 valence electrons. The molecular formula is C22H27N5O3. The van der Waals surface area contributed by atoms with E-state index in [1.165, 1.54) is 0 Å². The van der Waals surface area contributed by atoms with Gasteiger partial charge in [-0.25, -0.2) is 0 Å². The molecule has 1 N–H and O–H groups in total. The van der Waals surface area contributed by atoms with Gasteiger partial charge in [0.15, 0.2) is 5.65 Å². The largest absolute Gasteiger partial charge is 0.496 e. The Morgan fingerprint density at radius 2 is 2.03 bits per heavy atom. The molecule has 2 aliphatic heterocycles. The number of nitrogens with zero attached hydrogens (tertiary/aromatic N) is 4. The maximum atomic E-state index is 13.3. The van der Waals surface area contributed by atoms with Crippen molar-refractivity contribution in [1.29, 1.82) is 0 Å². The molecule has 3 aromatic rings. The minimum Gasteiger partial charge on any atom is -0.496 e. The van der Waals surface area contributed by atoms with Crippen molar-refractivity contribution in [3.8, 4) is 17.0 Å². The summed E-state index contributed by atoms with van der Waals surface area (Å²) >= 11 is 0. The maximum absolute atomic E-state index is 13.3. The van der Waals surface area contributed by atoms with Crippen LogP contribution < -0.4 is 15.2 Å². The second-order valence-electron chi connectivity index (χ2n) is 8.58. The Morgan fingerprint density at radius 3 is 2.73 bits per heavy atom. The van der Waals surface area contributed by atoms with Crippen LogP contribution in [0.5, 0.6) is 5.75 Å². The van der Waals surface area contributed by atoms with Crippen LogP contribution in [0.1, 0.15) is 26.2 Å². The highest BCUT2D eigenvalue weighted by molar-refractivity contribution is 5.92. The lowest BCUT2D eigenvalue weighted by atomic mass is 9.77. The number of para-hydroxylation sites is 1. The molecule has 8 heteroatoms. The monoisotopic (exact) mass is 409 g/mol. The van der Waals surface area contributed by atoms with Crippen LogP contribution in [0.25, 0.3) is 22.3 Å². The lowest BCUT2D eigenvalue weighted by Crippen LogP contribution is -2.43. The van der Waals surface area contributed by atoms with E-state index >= 15 is 0 Å². The number of methoxy groups -OCH3 is 1. The molecule has 2 saturated heterocycles. The molecule has 1 spiro atoms. The summed E-state index contributed by atoms with van der Waals surface area (Å²) in [7, 11) is 3.40. The van der Waals surface area contributed by atoms with E-state index in [1.807, 2.05) is 24.3 Å². The molecule has 8 nitrogen and oxygen atoms in total. The molecule has 2 aromatic heterocycles. The van der Waals surface area contributed by atoms with Crippen LogP contribution in [0.3, 0.4) is 0 Å². The lowest BCUT2D eigenvalue weighted by Gasteiger charge is -2.39. The summed E-state index contributed by atoms with van der Waals surface area (Å²) in [5, 5.41) is 7.86. The molecule has 0 aliphatic carbocycles. The highest BCUT2D eigenvalue weighted by Crippen LogP contribution is 2.42. The van der Waals surface area contributed by atoms with Gasteiger partial charge in [0.2, 0.25) is 5.95 Å². The van der Waals surface area contributed by atoms with Gasteiger partial charge in [0, 0.05) is 25.7 Å². The number of aromatic nitrogens is 4. The van der Waals surface area contributed by atoms with Crippen LogP contribution >= 0.6 is 0 Å². The molecule has 4 heterocycles. The molecule has 5 rings (SSSR count). The molecule has 0 amide bonds. The van der Waals surface area contributed by atoms with E-state index in [0.717, 1.165) is 44.5 Å². The topological polar surface area (TPSA) is 85.3 Å². The zero-order valence-corrected chi connectivity index (χ0v) is 17.6. The number of rotatable bonds is 3. The van der Waals surface area contributed by atoms with Crippen molar-refractivity contribution < 1.29 is 9.47 Å². The van der Waals surface area contributed by atoms with Crippen LogP contribution in [-0.2, 0) is 11.8 Å². The lowest BCUT2D eigenvalue weighted by molar-refractivity contribution is 0.0974. The fraction of sp³-hybridized carbons (Fsp3) is 0.500. The van der Waals surface area contributed by atoms with E-state index in [-0.39, 0.29) is 11.0 Å². The summed E-state index contributed by atoms with van der Waals surface area (Å²) in [5.41, 5.74) is 2.02. The molecule has 30 heavy (non-hydrogen) atoms. The van der Waals surface area contributed by atoms with Gasteiger partial charge in [0.25, 0.3) is 5.56 Å². The summed E-state index contributed by atoms with van der Waals surface area (Å²) in [5.74, 6) is 1.36. The standard InChI is InChI=1S/C22H27N5O3/c1-14-12-22(13-30-14)8-10-27(11-9-22)21-23-19-17(20(28)26(21)2)18(24-25-19)15-6-4-5-7-16(15)29-3/h4-7,14H,8-13H2,1-3H3,(H,24,25)/t14-/m0/s1. The number of anilines is 1. The third kappa shape index (κ3) is 2.98. The van der Waals surface area contributed by atoms with Gasteiger partial charge in [0.05, 0.1) is 19.8 Å². The van der Waals surface area contributed by atoms with Crippen molar-refractivity contribution in [2.24, 2.45) is 12.5 Å². The first-order valence-electron chi connectivity index (χ1n) is 10.5.